The molecule has 0 amide bonds. The second kappa shape index (κ2) is 5.11. The first-order valence-corrected chi connectivity index (χ1v) is 6.93. The number of pyridine rings is 1. The molecule has 3 rings (SSSR count). The molecule has 0 saturated heterocycles. The predicted molar refractivity (Wildman–Crippen MR) is 78.1 cm³/mol. The van der Waals surface area contributed by atoms with Gasteiger partial charge >= 0.3 is 5.97 Å². The third kappa shape index (κ3) is 2.45. The SMILES string of the molecule is O=C(O)c1cc(Oc2ccnc3cc(Cl)ccc23)cs1. The number of rotatable bonds is 3. The van der Waals surface area contributed by atoms with Crippen LogP contribution in [0.15, 0.2) is 41.9 Å². The zero-order chi connectivity index (χ0) is 14.1. The van der Waals surface area contributed by atoms with E-state index < -0.39 is 5.97 Å². The van der Waals surface area contributed by atoms with E-state index in [1.807, 2.05) is 6.07 Å². The molecule has 2 heterocycles. The van der Waals surface area contributed by atoms with E-state index in [0.29, 0.717) is 16.5 Å². The quantitative estimate of drug-likeness (QED) is 0.777. The normalized spacial score (nSPS) is 10.7. The molecule has 0 spiro atoms. The van der Waals surface area contributed by atoms with Gasteiger partial charge in [0.05, 0.1) is 5.52 Å². The molecule has 0 unspecified atom stereocenters. The molecular formula is C14H8ClNO3S. The molecule has 0 aliphatic heterocycles. The summed E-state index contributed by atoms with van der Waals surface area (Å²) in [6.45, 7) is 0. The maximum atomic E-state index is 10.8. The minimum Gasteiger partial charge on any atom is -0.477 e. The lowest BCUT2D eigenvalue weighted by Crippen LogP contribution is -1.90. The first kappa shape index (κ1) is 12.9. The van der Waals surface area contributed by atoms with Gasteiger partial charge in [-0.15, -0.1) is 11.3 Å². The molecule has 0 bridgehead atoms. The Labute approximate surface area is 123 Å². The highest BCUT2D eigenvalue weighted by Crippen LogP contribution is 2.32. The number of carbonyl (C=O) groups is 1. The number of fused-ring (bicyclic) bond motifs is 1. The number of hydrogen-bond acceptors (Lipinski definition) is 4. The Morgan fingerprint density at radius 2 is 2.15 bits per heavy atom. The molecular weight excluding hydrogens is 298 g/mol. The van der Waals surface area contributed by atoms with Gasteiger partial charge in [-0.25, -0.2) is 4.79 Å². The highest BCUT2D eigenvalue weighted by molar-refractivity contribution is 7.12. The molecule has 4 nitrogen and oxygen atoms in total. The van der Waals surface area contributed by atoms with Crippen molar-refractivity contribution in [1.29, 1.82) is 0 Å². The lowest BCUT2D eigenvalue weighted by Gasteiger charge is -2.06. The number of thiophene rings is 1. The van der Waals surface area contributed by atoms with Gasteiger partial charge in [-0.3, -0.25) is 4.98 Å². The number of nitrogens with zero attached hydrogens (tertiary/aromatic N) is 1. The molecule has 1 aromatic carbocycles. The fraction of sp³-hybridized carbons (Fsp3) is 0. The van der Waals surface area contributed by atoms with E-state index in [2.05, 4.69) is 4.98 Å². The van der Waals surface area contributed by atoms with Gasteiger partial charge in [-0.2, -0.15) is 0 Å². The summed E-state index contributed by atoms with van der Waals surface area (Å²) in [4.78, 5) is 15.3. The fourth-order valence-corrected chi connectivity index (χ4v) is 2.61. The van der Waals surface area contributed by atoms with Crippen LogP contribution in [-0.2, 0) is 0 Å². The summed E-state index contributed by atoms with van der Waals surface area (Å²) in [5, 5.41) is 12.0. The van der Waals surface area contributed by atoms with Crippen molar-refractivity contribution in [2.45, 2.75) is 0 Å². The summed E-state index contributed by atoms with van der Waals surface area (Å²) < 4.78 is 5.73. The minimum absolute atomic E-state index is 0.237. The third-order valence-electron chi connectivity index (χ3n) is 2.68. The standard InChI is InChI=1S/C14H8ClNO3S/c15-8-1-2-10-11(5-8)16-4-3-12(10)19-9-6-13(14(17)18)20-7-9/h1-7H,(H,17,18). The number of ether oxygens (including phenoxy) is 1. The molecule has 100 valence electrons. The van der Waals surface area contributed by atoms with Gasteiger partial charge in [0.25, 0.3) is 0 Å². The van der Waals surface area contributed by atoms with E-state index in [1.54, 1.807) is 29.8 Å². The van der Waals surface area contributed by atoms with Crippen LogP contribution in [0.4, 0.5) is 0 Å². The third-order valence-corrected chi connectivity index (χ3v) is 3.81. The second-order valence-corrected chi connectivity index (χ2v) is 5.37. The topological polar surface area (TPSA) is 59.4 Å². The first-order chi connectivity index (χ1) is 9.63. The Morgan fingerprint density at radius 3 is 2.90 bits per heavy atom. The summed E-state index contributed by atoms with van der Waals surface area (Å²) in [6, 6.07) is 8.56. The van der Waals surface area contributed by atoms with E-state index in [1.165, 1.54) is 6.07 Å². The lowest BCUT2D eigenvalue weighted by atomic mass is 10.2. The van der Waals surface area contributed by atoms with Crippen molar-refractivity contribution in [3.63, 3.8) is 0 Å². The fourth-order valence-electron chi connectivity index (χ4n) is 1.80. The van der Waals surface area contributed by atoms with Crippen molar-refractivity contribution < 1.29 is 14.6 Å². The summed E-state index contributed by atoms with van der Waals surface area (Å²) in [6.07, 6.45) is 1.62. The number of halogens is 1. The van der Waals surface area contributed by atoms with Crippen molar-refractivity contribution in [2.75, 3.05) is 0 Å². The van der Waals surface area contributed by atoms with E-state index in [0.717, 1.165) is 22.2 Å². The molecule has 3 aromatic rings. The molecule has 20 heavy (non-hydrogen) atoms. The van der Waals surface area contributed by atoms with Crippen molar-refractivity contribution in [3.05, 3.63) is 51.8 Å². The number of carboxylic acid groups (broad SMARTS) is 1. The van der Waals surface area contributed by atoms with Gasteiger partial charge in [0.1, 0.15) is 16.4 Å². The Morgan fingerprint density at radius 1 is 1.30 bits per heavy atom. The minimum atomic E-state index is -0.962. The molecule has 0 atom stereocenters. The largest absolute Gasteiger partial charge is 0.477 e. The van der Waals surface area contributed by atoms with Crippen LogP contribution in [-0.4, -0.2) is 16.1 Å². The van der Waals surface area contributed by atoms with Crippen LogP contribution in [0, 0.1) is 0 Å². The summed E-state index contributed by atoms with van der Waals surface area (Å²) in [7, 11) is 0. The van der Waals surface area contributed by atoms with Crippen LogP contribution in [0.2, 0.25) is 5.02 Å². The van der Waals surface area contributed by atoms with Gasteiger partial charge in [0, 0.05) is 28.1 Å². The number of benzene rings is 1. The van der Waals surface area contributed by atoms with Gasteiger partial charge in [0.2, 0.25) is 0 Å². The van der Waals surface area contributed by atoms with Crippen molar-refractivity contribution in [2.24, 2.45) is 0 Å². The van der Waals surface area contributed by atoms with Crippen LogP contribution < -0.4 is 4.74 Å². The van der Waals surface area contributed by atoms with Gasteiger partial charge in [0.15, 0.2) is 0 Å². The van der Waals surface area contributed by atoms with Crippen molar-refractivity contribution >= 4 is 39.8 Å². The zero-order valence-corrected chi connectivity index (χ0v) is 11.6. The van der Waals surface area contributed by atoms with Crippen LogP contribution in [0.5, 0.6) is 11.5 Å². The van der Waals surface area contributed by atoms with E-state index in [-0.39, 0.29) is 4.88 Å². The molecule has 0 radical (unpaired) electrons. The number of aromatic nitrogens is 1. The summed E-state index contributed by atoms with van der Waals surface area (Å²) in [5.41, 5.74) is 0.726. The molecule has 0 saturated carbocycles. The van der Waals surface area contributed by atoms with Gasteiger partial charge < -0.3 is 9.84 Å². The Balaban J connectivity index is 1.99. The van der Waals surface area contributed by atoms with Crippen LogP contribution in [0.1, 0.15) is 9.67 Å². The van der Waals surface area contributed by atoms with Gasteiger partial charge in [-0.05, 0) is 24.3 Å². The number of aromatic carboxylic acids is 1. The van der Waals surface area contributed by atoms with Crippen LogP contribution in [0.3, 0.4) is 0 Å². The summed E-state index contributed by atoms with van der Waals surface area (Å²) in [5.74, 6) is 0.146. The predicted octanol–water partition coefficient (Wildman–Crippen LogP) is 4.44. The average Bonchev–Trinajstić information content (AvgIpc) is 2.87. The van der Waals surface area contributed by atoms with Crippen molar-refractivity contribution in [1.82, 2.24) is 4.98 Å². The molecule has 0 aliphatic rings. The maximum Gasteiger partial charge on any atom is 0.346 e. The number of hydrogen-bond donors (Lipinski definition) is 1. The molecule has 0 aliphatic carbocycles. The van der Waals surface area contributed by atoms with Crippen LogP contribution >= 0.6 is 22.9 Å². The number of carboxylic acids is 1. The van der Waals surface area contributed by atoms with Gasteiger partial charge in [-0.1, -0.05) is 11.6 Å². The maximum absolute atomic E-state index is 10.8. The lowest BCUT2D eigenvalue weighted by molar-refractivity contribution is 0.0702. The summed E-state index contributed by atoms with van der Waals surface area (Å²) >= 11 is 7.05. The smallest absolute Gasteiger partial charge is 0.346 e. The average molecular weight is 306 g/mol. The Hall–Kier alpha value is -2.11. The Kier molecular flexibility index (Phi) is 3.30. The van der Waals surface area contributed by atoms with E-state index in [4.69, 9.17) is 21.4 Å². The highest BCUT2D eigenvalue weighted by Gasteiger charge is 2.10. The highest BCUT2D eigenvalue weighted by atomic mass is 35.5. The molecule has 2 aromatic heterocycles. The molecule has 0 fully saturated rings. The van der Waals surface area contributed by atoms with E-state index in [9.17, 15) is 4.79 Å². The Bertz CT molecular complexity index is 800. The first-order valence-electron chi connectivity index (χ1n) is 5.67. The second-order valence-electron chi connectivity index (χ2n) is 4.02. The van der Waals surface area contributed by atoms with Crippen molar-refractivity contribution in [3.8, 4) is 11.5 Å². The molecule has 1 N–H and O–H groups in total. The zero-order valence-electron chi connectivity index (χ0n) is 10.0. The monoisotopic (exact) mass is 305 g/mol. The van der Waals surface area contributed by atoms with Crippen LogP contribution in [0.25, 0.3) is 10.9 Å². The molecule has 6 heteroatoms. The van der Waals surface area contributed by atoms with E-state index >= 15 is 0 Å².